The minimum Gasteiger partial charge on any atom is -0.437 e. The number of piperidine rings is 1. The Labute approximate surface area is 244 Å². The van der Waals surface area contributed by atoms with Gasteiger partial charge in [0, 0.05) is 42.5 Å². The first-order valence-corrected chi connectivity index (χ1v) is 15.5. The second-order valence-electron chi connectivity index (χ2n) is 9.38. The standard InChI is InChI=1S/C28H24ClFN6O3S2/c29-21-7-1-2-10-25(21)41(37,38)36-22-8-3-6-20-19(22)5-4-9-24(20)39-27-26(40-16-33-27)23-11-12-32-28(35-23)34-18-13-17(30)14-31-15-18/h1-12,16-18,31,36H,13-15H2,(H,32,34,35)/t17-,18?/m0/s1. The van der Waals surface area contributed by atoms with E-state index in [2.05, 4.69) is 30.3 Å². The van der Waals surface area contributed by atoms with E-state index in [0.29, 0.717) is 64.1 Å². The predicted molar refractivity (Wildman–Crippen MR) is 159 cm³/mol. The molecule has 1 fully saturated rings. The molecule has 1 unspecified atom stereocenters. The quantitative estimate of drug-likeness (QED) is 0.193. The molecule has 0 bridgehead atoms. The van der Waals surface area contributed by atoms with Crippen LogP contribution in [0.1, 0.15) is 6.42 Å². The molecule has 1 aliphatic heterocycles. The van der Waals surface area contributed by atoms with Crippen LogP contribution in [0.25, 0.3) is 21.3 Å². The van der Waals surface area contributed by atoms with Crippen LogP contribution in [0.5, 0.6) is 11.6 Å². The summed E-state index contributed by atoms with van der Waals surface area (Å²) in [7, 11) is -3.94. The van der Waals surface area contributed by atoms with Crippen LogP contribution >= 0.6 is 22.9 Å². The lowest BCUT2D eigenvalue weighted by Gasteiger charge is -2.26. The van der Waals surface area contributed by atoms with Crippen molar-refractivity contribution < 1.29 is 17.5 Å². The molecule has 1 saturated heterocycles. The van der Waals surface area contributed by atoms with Crippen LogP contribution in [-0.4, -0.2) is 48.7 Å². The van der Waals surface area contributed by atoms with Crippen molar-refractivity contribution in [3.63, 3.8) is 0 Å². The first-order valence-electron chi connectivity index (χ1n) is 12.7. The molecule has 3 aromatic carbocycles. The highest BCUT2D eigenvalue weighted by Crippen LogP contribution is 2.39. The van der Waals surface area contributed by atoms with Crippen LogP contribution in [0.3, 0.4) is 0 Å². The maximum Gasteiger partial charge on any atom is 0.263 e. The minimum absolute atomic E-state index is 0.0128. The topological polar surface area (TPSA) is 118 Å². The molecule has 3 heterocycles. The Kier molecular flexibility index (Phi) is 7.71. The average molecular weight is 611 g/mol. The van der Waals surface area contributed by atoms with Crippen molar-refractivity contribution in [3.05, 3.63) is 83.5 Å². The van der Waals surface area contributed by atoms with E-state index < -0.39 is 16.2 Å². The van der Waals surface area contributed by atoms with E-state index >= 15 is 0 Å². The molecule has 3 N–H and O–H groups in total. The number of alkyl halides is 1. The van der Waals surface area contributed by atoms with Gasteiger partial charge in [-0.3, -0.25) is 4.72 Å². The first kappa shape index (κ1) is 27.3. The Morgan fingerprint density at radius 2 is 1.83 bits per heavy atom. The fourth-order valence-electron chi connectivity index (χ4n) is 4.64. The highest BCUT2D eigenvalue weighted by Gasteiger charge is 2.23. The minimum atomic E-state index is -3.94. The number of fused-ring (bicyclic) bond motifs is 1. The summed E-state index contributed by atoms with van der Waals surface area (Å²) in [4.78, 5) is 14.0. The summed E-state index contributed by atoms with van der Waals surface area (Å²) in [6.07, 6.45) is 1.10. The lowest BCUT2D eigenvalue weighted by Crippen LogP contribution is -2.44. The van der Waals surface area contributed by atoms with Gasteiger partial charge in [-0.15, -0.1) is 11.3 Å². The van der Waals surface area contributed by atoms with Crippen molar-refractivity contribution in [3.8, 4) is 22.2 Å². The zero-order valence-corrected chi connectivity index (χ0v) is 23.8. The smallest absolute Gasteiger partial charge is 0.263 e. The van der Waals surface area contributed by atoms with Gasteiger partial charge in [0.1, 0.15) is 21.7 Å². The molecule has 0 radical (unpaired) electrons. The molecule has 0 amide bonds. The number of anilines is 2. The van der Waals surface area contributed by atoms with E-state index in [1.54, 1.807) is 60.2 Å². The number of hydrogen-bond donors (Lipinski definition) is 3. The summed E-state index contributed by atoms with van der Waals surface area (Å²) in [5, 5.41) is 7.71. The van der Waals surface area contributed by atoms with E-state index in [1.165, 1.54) is 23.5 Å². The number of aromatic nitrogens is 3. The largest absolute Gasteiger partial charge is 0.437 e. The van der Waals surface area contributed by atoms with E-state index in [9.17, 15) is 12.8 Å². The zero-order chi connectivity index (χ0) is 28.4. The molecule has 9 nitrogen and oxygen atoms in total. The number of thiazole rings is 1. The van der Waals surface area contributed by atoms with Crippen LogP contribution in [0.2, 0.25) is 5.02 Å². The van der Waals surface area contributed by atoms with Crippen LogP contribution < -0.4 is 20.1 Å². The zero-order valence-electron chi connectivity index (χ0n) is 21.4. The lowest BCUT2D eigenvalue weighted by molar-refractivity contribution is 0.254. The second-order valence-corrected chi connectivity index (χ2v) is 12.3. The molecular formula is C28H24ClFN6O3S2. The van der Waals surface area contributed by atoms with E-state index in [4.69, 9.17) is 16.3 Å². The number of ether oxygens (including phenoxy) is 1. The maximum absolute atomic E-state index is 13.8. The van der Waals surface area contributed by atoms with Crippen molar-refractivity contribution in [2.45, 2.75) is 23.5 Å². The average Bonchev–Trinajstić information content (AvgIpc) is 3.42. The summed E-state index contributed by atoms with van der Waals surface area (Å²) >= 11 is 7.51. The molecule has 5 aromatic rings. The van der Waals surface area contributed by atoms with Crippen LogP contribution in [0.15, 0.2) is 83.3 Å². The number of benzene rings is 3. The number of halogens is 2. The molecule has 1 aliphatic rings. The van der Waals surface area contributed by atoms with Crippen LogP contribution in [0, 0.1) is 0 Å². The molecule has 0 saturated carbocycles. The predicted octanol–water partition coefficient (Wildman–Crippen LogP) is 6.11. The van der Waals surface area contributed by atoms with Crippen molar-refractivity contribution >= 4 is 55.4 Å². The summed E-state index contributed by atoms with van der Waals surface area (Å²) < 4.78 is 48.9. The Bertz CT molecular complexity index is 1820. The molecular weight excluding hydrogens is 587 g/mol. The van der Waals surface area contributed by atoms with Gasteiger partial charge >= 0.3 is 0 Å². The van der Waals surface area contributed by atoms with Crippen LogP contribution in [-0.2, 0) is 10.0 Å². The molecule has 0 aliphatic carbocycles. The third-order valence-electron chi connectivity index (χ3n) is 6.51. The molecule has 2 aromatic heterocycles. The van der Waals surface area contributed by atoms with Gasteiger partial charge in [0.25, 0.3) is 10.0 Å². The Hall–Kier alpha value is -3.84. The SMILES string of the molecule is O=S(=O)(Nc1cccc2c(Oc3ncsc3-c3ccnc(NC4CNC[C@@H](F)C4)n3)cccc12)c1ccccc1Cl. The monoisotopic (exact) mass is 610 g/mol. The van der Waals surface area contributed by atoms with Gasteiger partial charge < -0.3 is 15.4 Å². The fraction of sp³-hybridized carbons (Fsp3) is 0.179. The molecule has 41 heavy (non-hydrogen) atoms. The normalized spacial score (nSPS) is 17.3. The number of hydrogen-bond acceptors (Lipinski definition) is 9. The summed E-state index contributed by atoms with van der Waals surface area (Å²) in [5.74, 6) is 1.23. The summed E-state index contributed by atoms with van der Waals surface area (Å²) in [6.45, 7) is 0.976. The fourth-order valence-corrected chi connectivity index (χ4v) is 6.92. The molecule has 0 spiro atoms. The highest BCUT2D eigenvalue weighted by molar-refractivity contribution is 7.92. The Morgan fingerprint density at radius 3 is 2.68 bits per heavy atom. The van der Waals surface area contributed by atoms with Gasteiger partial charge in [0.05, 0.1) is 21.9 Å². The van der Waals surface area contributed by atoms with Crippen molar-refractivity contribution in [2.24, 2.45) is 0 Å². The number of sulfonamides is 1. The summed E-state index contributed by atoms with van der Waals surface area (Å²) in [6, 6.07) is 18.5. The number of nitrogens with one attached hydrogen (secondary N) is 3. The highest BCUT2D eigenvalue weighted by atomic mass is 35.5. The maximum atomic E-state index is 13.8. The third-order valence-corrected chi connectivity index (χ3v) is 9.21. The summed E-state index contributed by atoms with van der Waals surface area (Å²) in [5.41, 5.74) is 2.65. The second kappa shape index (κ2) is 11.6. The van der Waals surface area contributed by atoms with E-state index in [1.807, 2.05) is 6.07 Å². The Balaban J connectivity index is 1.27. The van der Waals surface area contributed by atoms with E-state index in [-0.39, 0.29) is 16.0 Å². The van der Waals surface area contributed by atoms with Gasteiger partial charge in [-0.05, 0) is 30.3 Å². The number of rotatable bonds is 8. The van der Waals surface area contributed by atoms with Crippen molar-refractivity contribution in [2.75, 3.05) is 23.1 Å². The van der Waals surface area contributed by atoms with Gasteiger partial charge in [-0.1, -0.05) is 48.0 Å². The number of nitrogens with zero attached hydrogens (tertiary/aromatic N) is 3. The van der Waals surface area contributed by atoms with Gasteiger partial charge in [-0.25, -0.2) is 27.8 Å². The van der Waals surface area contributed by atoms with Gasteiger partial charge in [0.2, 0.25) is 11.8 Å². The van der Waals surface area contributed by atoms with Crippen molar-refractivity contribution in [1.82, 2.24) is 20.3 Å². The first-order chi connectivity index (χ1) is 19.9. The van der Waals surface area contributed by atoms with Crippen molar-refractivity contribution in [1.29, 1.82) is 0 Å². The third kappa shape index (κ3) is 5.96. The van der Waals surface area contributed by atoms with Crippen LogP contribution in [0.4, 0.5) is 16.0 Å². The van der Waals surface area contributed by atoms with Gasteiger partial charge in [0.15, 0.2) is 0 Å². The van der Waals surface area contributed by atoms with E-state index in [0.717, 1.165) is 0 Å². The lowest BCUT2D eigenvalue weighted by atomic mass is 10.1. The van der Waals surface area contributed by atoms with Gasteiger partial charge in [-0.2, -0.15) is 0 Å². The molecule has 6 rings (SSSR count). The molecule has 210 valence electrons. The Morgan fingerprint density at radius 1 is 1.00 bits per heavy atom. The molecule has 13 heteroatoms. The molecule has 2 atom stereocenters.